The number of hydrazine groups is 1. The first kappa shape index (κ1) is 10.7. The van der Waals surface area contributed by atoms with Gasteiger partial charge < -0.3 is 9.84 Å². The molecular formula is C9H16N4O. The number of hydrogen-bond acceptors (Lipinski definition) is 4. The number of rotatable bonds is 1. The van der Waals surface area contributed by atoms with E-state index >= 15 is 0 Å². The highest BCUT2D eigenvalue weighted by molar-refractivity contribution is 5.96. The van der Waals surface area contributed by atoms with Gasteiger partial charge in [0.1, 0.15) is 0 Å². The second kappa shape index (κ2) is 3.79. The average Bonchev–Trinajstić information content (AvgIpc) is 2.45. The van der Waals surface area contributed by atoms with Gasteiger partial charge in [-0.05, 0) is 27.7 Å². The topological polar surface area (TPSA) is 76.4 Å². The number of nitrogens with one attached hydrogen (secondary N) is 1. The maximum absolute atomic E-state index is 5.37. The van der Waals surface area contributed by atoms with E-state index in [9.17, 15) is 0 Å². The normalized spacial score (nSPS) is 13.1. The Balaban J connectivity index is 3.05. The lowest BCUT2D eigenvalue weighted by Crippen LogP contribution is -2.33. The summed E-state index contributed by atoms with van der Waals surface area (Å²) in [6.45, 7) is 7.79. The monoisotopic (exact) mass is 196 g/mol. The van der Waals surface area contributed by atoms with Crippen LogP contribution in [-0.2, 0) is 0 Å². The predicted octanol–water partition coefficient (Wildman–Crippen LogP) is 0.991. The van der Waals surface area contributed by atoms with Gasteiger partial charge in [0.25, 0.3) is 0 Å². The number of nitrogens with zero attached hydrogens (tertiary/aromatic N) is 2. The van der Waals surface area contributed by atoms with E-state index in [2.05, 4.69) is 15.4 Å². The minimum absolute atomic E-state index is 0.207. The Kier molecular flexibility index (Phi) is 2.90. The number of hydrogen-bond donors (Lipinski definition) is 2. The van der Waals surface area contributed by atoms with Crippen molar-refractivity contribution in [3.63, 3.8) is 0 Å². The minimum atomic E-state index is -0.207. The molecule has 0 saturated carbocycles. The van der Waals surface area contributed by atoms with Gasteiger partial charge in [0.15, 0.2) is 18.0 Å². The van der Waals surface area contributed by atoms with Gasteiger partial charge in [0, 0.05) is 0 Å². The highest BCUT2D eigenvalue weighted by Crippen LogP contribution is 2.11. The zero-order valence-corrected chi connectivity index (χ0v) is 8.96. The highest BCUT2D eigenvalue weighted by Gasteiger charge is 2.15. The van der Waals surface area contributed by atoms with Crippen molar-refractivity contribution in [2.45, 2.75) is 33.2 Å². The van der Waals surface area contributed by atoms with Gasteiger partial charge in [-0.1, -0.05) is 0 Å². The van der Waals surface area contributed by atoms with E-state index in [-0.39, 0.29) is 5.54 Å². The summed E-state index contributed by atoms with van der Waals surface area (Å²) in [6.07, 6.45) is 1.38. The average molecular weight is 196 g/mol. The number of aliphatic imine (C=N–C) groups is 1. The van der Waals surface area contributed by atoms with Crippen LogP contribution in [0.1, 0.15) is 32.2 Å². The first-order valence-corrected chi connectivity index (χ1v) is 4.41. The van der Waals surface area contributed by atoms with Crippen molar-refractivity contribution in [2.24, 2.45) is 10.8 Å². The molecule has 0 aliphatic rings. The fourth-order valence-corrected chi connectivity index (χ4v) is 1.01. The van der Waals surface area contributed by atoms with Gasteiger partial charge in [-0.25, -0.2) is 10.8 Å². The molecule has 0 saturated heterocycles. The second-order valence-corrected chi connectivity index (χ2v) is 4.04. The fraction of sp³-hybridized carbons (Fsp3) is 0.556. The molecule has 5 heteroatoms. The summed E-state index contributed by atoms with van der Waals surface area (Å²) in [6, 6.07) is 0. The molecule has 0 atom stereocenters. The lowest BCUT2D eigenvalue weighted by molar-refractivity contribution is 0.533. The van der Waals surface area contributed by atoms with Crippen LogP contribution in [0.15, 0.2) is 15.8 Å². The first-order valence-electron chi connectivity index (χ1n) is 4.41. The molecule has 1 aromatic heterocycles. The van der Waals surface area contributed by atoms with E-state index in [1.54, 1.807) is 0 Å². The Hall–Kier alpha value is -1.36. The standard InChI is InChI=1S/C9H16N4O/c1-6-7(14-5-11-6)8(13-10)12-9(2,3)4/h5H,10H2,1-4H3,(H,12,13). The Bertz CT molecular complexity index is 335. The van der Waals surface area contributed by atoms with Crippen LogP contribution < -0.4 is 11.3 Å². The molecule has 0 spiro atoms. The van der Waals surface area contributed by atoms with Crippen LogP contribution in [0.2, 0.25) is 0 Å². The summed E-state index contributed by atoms with van der Waals surface area (Å²) in [5.74, 6) is 6.48. The van der Waals surface area contributed by atoms with Crippen LogP contribution in [0.3, 0.4) is 0 Å². The van der Waals surface area contributed by atoms with Crippen LogP contribution >= 0.6 is 0 Å². The van der Waals surface area contributed by atoms with E-state index < -0.39 is 0 Å². The zero-order chi connectivity index (χ0) is 10.8. The van der Waals surface area contributed by atoms with Crippen molar-refractivity contribution < 1.29 is 4.42 Å². The molecule has 5 nitrogen and oxygen atoms in total. The van der Waals surface area contributed by atoms with Crippen LogP contribution in [0.5, 0.6) is 0 Å². The molecular weight excluding hydrogens is 180 g/mol. The molecule has 0 fully saturated rings. The molecule has 1 aromatic rings. The van der Waals surface area contributed by atoms with Crippen molar-refractivity contribution in [1.29, 1.82) is 0 Å². The van der Waals surface area contributed by atoms with Crippen LogP contribution in [-0.4, -0.2) is 16.4 Å². The second-order valence-electron chi connectivity index (χ2n) is 4.04. The van der Waals surface area contributed by atoms with Gasteiger partial charge in [-0.15, -0.1) is 0 Å². The molecule has 0 radical (unpaired) electrons. The van der Waals surface area contributed by atoms with E-state index in [1.165, 1.54) is 6.39 Å². The molecule has 1 rings (SSSR count). The third kappa shape index (κ3) is 2.56. The van der Waals surface area contributed by atoms with Crippen molar-refractivity contribution in [3.8, 4) is 0 Å². The van der Waals surface area contributed by atoms with Gasteiger partial charge in [-0.3, -0.25) is 4.99 Å². The summed E-state index contributed by atoms with van der Waals surface area (Å²) < 4.78 is 5.18. The molecule has 0 aromatic carbocycles. The number of aryl methyl sites for hydroxylation is 1. The zero-order valence-electron chi connectivity index (χ0n) is 8.96. The van der Waals surface area contributed by atoms with Crippen LogP contribution in [0.4, 0.5) is 0 Å². The maximum atomic E-state index is 5.37. The highest BCUT2D eigenvalue weighted by atomic mass is 16.3. The summed E-state index contributed by atoms with van der Waals surface area (Å²) in [7, 11) is 0. The molecule has 14 heavy (non-hydrogen) atoms. The lowest BCUT2D eigenvalue weighted by atomic mass is 10.1. The van der Waals surface area contributed by atoms with Crippen LogP contribution in [0.25, 0.3) is 0 Å². The Morgan fingerprint density at radius 1 is 1.57 bits per heavy atom. The summed E-state index contributed by atoms with van der Waals surface area (Å²) in [5.41, 5.74) is 3.08. The summed E-state index contributed by atoms with van der Waals surface area (Å²) >= 11 is 0. The maximum Gasteiger partial charge on any atom is 0.193 e. The van der Waals surface area contributed by atoms with E-state index in [1.807, 2.05) is 27.7 Å². The lowest BCUT2D eigenvalue weighted by Gasteiger charge is -2.14. The van der Waals surface area contributed by atoms with Crippen molar-refractivity contribution >= 4 is 5.84 Å². The van der Waals surface area contributed by atoms with Crippen molar-refractivity contribution in [1.82, 2.24) is 10.4 Å². The number of amidine groups is 1. The molecule has 3 N–H and O–H groups in total. The summed E-state index contributed by atoms with van der Waals surface area (Å²) in [5, 5.41) is 0. The Morgan fingerprint density at radius 3 is 2.57 bits per heavy atom. The van der Waals surface area contributed by atoms with E-state index in [4.69, 9.17) is 10.3 Å². The SMILES string of the molecule is Cc1ncoc1C(=NC(C)(C)C)NN. The van der Waals surface area contributed by atoms with Crippen molar-refractivity contribution in [2.75, 3.05) is 0 Å². The summed E-state index contributed by atoms with van der Waals surface area (Å²) in [4.78, 5) is 8.35. The Labute approximate surface area is 83.4 Å². The molecule has 0 bridgehead atoms. The van der Waals surface area contributed by atoms with Gasteiger partial charge >= 0.3 is 0 Å². The van der Waals surface area contributed by atoms with E-state index in [0.717, 1.165) is 5.69 Å². The number of aromatic nitrogens is 1. The molecule has 1 heterocycles. The van der Waals surface area contributed by atoms with Gasteiger partial charge in [0.05, 0.1) is 11.2 Å². The smallest absolute Gasteiger partial charge is 0.193 e. The quantitative estimate of drug-likeness (QED) is 0.304. The first-order chi connectivity index (χ1) is 6.44. The molecule has 0 unspecified atom stereocenters. The molecule has 78 valence electrons. The molecule has 0 aliphatic carbocycles. The van der Waals surface area contributed by atoms with Crippen LogP contribution in [0, 0.1) is 6.92 Å². The molecule has 0 aliphatic heterocycles. The third-order valence-corrected chi connectivity index (χ3v) is 1.54. The van der Waals surface area contributed by atoms with Gasteiger partial charge in [0.2, 0.25) is 0 Å². The van der Waals surface area contributed by atoms with Gasteiger partial charge in [-0.2, -0.15) is 0 Å². The van der Waals surface area contributed by atoms with E-state index in [0.29, 0.717) is 11.6 Å². The molecule has 0 amide bonds. The largest absolute Gasteiger partial charge is 0.440 e. The number of nitrogens with two attached hydrogens (primary N) is 1. The fourth-order valence-electron chi connectivity index (χ4n) is 1.01. The number of oxazole rings is 1. The predicted molar refractivity (Wildman–Crippen MR) is 54.9 cm³/mol. The minimum Gasteiger partial charge on any atom is -0.440 e. The third-order valence-electron chi connectivity index (χ3n) is 1.54. The Morgan fingerprint density at radius 2 is 2.21 bits per heavy atom. The van der Waals surface area contributed by atoms with Crippen molar-refractivity contribution in [3.05, 3.63) is 17.8 Å².